The lowest BCUT2D eigenvalue weighted by atomic mass is 9.98. The summed E-state index contributed by atoms with van der Waals surface area (Å²) in [6.07, 6.45) is 1.84. The summed E-state index contributed by atoms with van der Waals surface area (Å²) in [5, 5.41) is 13.5. The molecule has 1 aromatic heterocycles. The Balaban J connectivity index is 1.56. The van der Waals surface area contributed by atoms with Gasteiger partial charge in [-0.05, 0) is 42.3 Å². The number of fused-ring (bicyclic) bond motifs is 1. The van der Waals surface area contributed by atoms with Crippen molar-refractivity contribution in [3.63, 3.8) is 0 Å². The molecule has 1 fully saturated rings. The smallest absolute Gasteiger partial charge is 0.303 e. The molecule has 61 heavy (non-hydrogen) atoms. The summed E-state index contributed by atoms with van der Waals surface area (Å²) in [7, 11) is 2.68. The van der Waals surface area contributed by atoms with Crippen molar-refractivity contribution in [2.75, 3.05) is 32.8 Å². The third-order valence-electron chi connectivity index (χ3n) is 9.34. The zero-order valence-electron chi connectivity index (χ0n) is 35.4. The molecule has 0 unspecified atom stereocenters. The number of ether oxygens (including phenoxy) is 9. The molecule has 2 heterocycles. The van der Waals surface area contributed by atoms with Crippen LogP contribution in [0.15, 0.2) is 41.2 Å². The number of H-pyrrole nitrogens is 1. The van der Waals surface area contributed by atoms with Crippen molar-refractivity contribution in [1.82, 2.24) is 4.98 Å². The van der Waals surface area contributed by atoms with E-state index in [1.165, 1.54) is 44.9 Å². The van der Waals surface area contributed by atoms with Gasteiger partial charge in [-0.2, -0.15) is 0 Å². The third kappa shape index (κ3) is 13.4. The summed E-state index contributed by atoms with van der Waals surface area (Å²) < 4.78 is 50.8. The first-order valence-corrected chi connectivity index (χ1v) is 19.8. The van der Waals surface area contributed by atoms with Crippen LogP contribution in [0.4, 0.5) is 5.69 Å². The number of carbonyl (C=O) groups excluding carboxylic acids is 5. The van der Waals surface area contributed by atoms with Crippen molar-refractivity contribution in [3.05, 3.63) is 57.9 Å². The quantitative estimate of drug-likeness (QED) is 0.0560. The second-order valence-electron chi connectivity index (χ2n) is 14.1. The summed E-state index contributed by atoms with van der Waals surface area (Å²) in [5.41, 5.74) is 1.04. The molecule has 3 N–H and O–H groups in total. The van der Waals surface area contributed by atoms with Crippen LogP contribution >= 0.6 is 0 Å². The first kappa shape index (κ1) is 47.5. The van der Waals surface area contributed by atoms with Crippen LogP contribution in [-0.2, 0) is 54.3 Å². The van der Waals surface area contributed by atoms with Crippen LogP contribution in [0.2, 0.25) is 0 Å². The van der Waals surface area contributed by atoms with Gasteiger partial charge < -0.3 is 58.0 Å². The highest BCUT2D eigenvalue weighted by Crippen LogP contribution is 2.42. The van der Waals surface area contributed by atoms with Gasteiger partial charge >= 0.3 is 23.9 Å². The first-order chi connectivity index (χ1) is 29.2. The number of carbonyl (C=O) groups is 5. The Morgan fingerprint density at radius 3 is 2.03 bits per heavy atom. The molecule has 18 nitrogen and oxygen atoms in total. The van der Waals surface area contributed by atoms with Gasteiger partial charge in [0.1, 0.15) is 12.7 Å². The molecule has 18 heteroatoms. The van der Waals surface area contributed by atoms with E-state index in [4.69, 9.17) is 42.6 Å². The first-order valence-electron chi connectivity index (χ1n) is 19.8. The normalized spacial score (nSPS) is 18.5. The summed E-state index contributed by atoms with van der Waals surface area (Å²) in [5.74, 6) is -3.48. The Kier molecular flexibility index (Phi) is 17.9. The Morgan fingerprint density at radius 1 is 0.803 bits per heavy atom. The van der Waals surface area contributed by atoms with Crippen LogP contribution in [0.25, 0.3) is 17.0 Å². The number of hydrogen-bond donors (Lipinski definition) is 3. The van der Waals surface area contributed by atoms with Crippen molar-refractivity contribution >= 4 is 52.5 Å². The van der Waals surface area contributed by atoms with Crippen LogP contribution < -0.4 is 29.8 Å². The number of aliphatic hydroxyl groups excluding tert-OH is 1. The van der Waals surface area contributed by atoms with Gasteiger partial charge in [-0.1, -0.05) is 45.1 Å². The second kappa shape index (κ2) is 23.0. The number of nitrogens with one attached hydrogen (secondary N) is 2. The molecule has 1 saturated heterocycles. The number of aromatic amines is 1. The molecule has 1 amide bonds. The molecule has 1 aliphatic heterocycles. The highest BCUT2D eigenvalue weighted by Gasteiger charge is 2.53. The fourth-order valence-corrected chi connectivity index (χ4v) is 6.66. The van der Waals surface area contributed by atoms with E-state index in [0.29, 0.717) is 34.3 Å². The van der Waals surface area contributed by atoms with Gasteiger partial charge in [0.15, 0.2) is 29.5 Å². The van der Waals surface area contributed by atoms with Gasteiger partial charge in [-0.25, -0.2) is 0 Å². The van der Waals surface area contributed by atoms with Crippen molar-refractivity contribution in [2.45, 2.75) is 110 Å². The van der Waals surface area contributed by atoms with Crippen molar-refractivity contribution in [1.29, 1.82) is 0 Å². The minimum Gasteiger partial charge on any atom is -0.493 e. The van der Waals surface area contributed by atoms with E-state index in [1.807, 2.05) is 0 Å². The molecule has 0 spiro atoms. The van der Waals surface area contributed by atoms with Crippen molar-refractivity contribution in [2.24, 2.45) is 0 Å². The highest BCUT2D eigenvalue weighted by atomic mass is 16.7. The molecule has 0 aliphatic carbocycles. The standard InChI is InChI=1S/C43H54N2O16/c1-8-9-10-11-12-13-18-55-37-31(22-46)30-16-15-29(21-32(30)45-42(37)52)44-36(51)17-14-28-19-33(53-6)38(34(20-28)54-7)61-43-41(59-27(5)50)40(58-26(4)49)39(57-25(3)48)35(60-43)23-56-24(2)47/h14-17,19-21,35,39-41,43,46H,8-13,18,22-23H2,1-7H3,(H,44,51)(H,45,52)/t35-,39+,40+,41-,43+/m1/s1. The van der Waals surface area contributed by atoms with E-state index >= 15 is 0 Å². The molecule has 0 radical (unpaired) electrons. The van der Waals surface area contributed by atoms with E-state index in [9.17, 15) is 33.9 Å². The van der Waals surface area contributed by atoms with Crippen LogP contribution in [0.1, 0.15) is 84.3 Å². The molecule has 5 atom stereocenters. The number of amides is 1. The van der Waals surface area contributed by atoms with Gasteiger partial charge in [0.05, 0.1) is 33.0 Å². The van der Waals surface area contributed by atoms with Crippen LogP contribution in [0.5, 0.6) is 23.0 Å². The van der Waals surface area contributed by atoms with E-state index < -0.39 is 79.3 Å². The molecule has 2 aromatic carbocycles. The Morgan fingerprint density at radius 2 is 1.43 bits per heavy atom. The molecular weight excluding hydrogens is 800 g/mol. The number of benzene rings is 2. The SMILES string of the molecule is CCCCCCCCOc1c(CO)c2ccc(NC(=O)C=Cc3cc(OC)c(O[C@@H]4O[C@H](COC(C)=O)[C@H](OC(C)=O)[C@H](OC(C)=O)[C@H]4OC(C)=O)c(OC)c3)cc2[nH]c1=O. The summed E-state index contributed by atoms with van der Waals surface area (Å²) in [6, 6.07) is 7.90. The summed E-state index contributed by atoms with van der Waals surface area (Å²) in [6.45, 7) is 6.09. The number of anilines is 1. The zero-order valence-corrected chi connectivity index (χ0v) is 35.4. The average Bonchev–Trinajstić information content (AvgIpc) is 3.20. The third-order valence-corrected chi connectivity index (χ3v) is 9.34. The minimum absolute atomic E-state index is 0.0594. The maximum absolute atomic E-state index is 13.1. The number of rotatable bonds is 21. The van der Waals surface area contributed by atoms with E-state index in [0.717, 1.165) is 59.8 Å². The van der Waals surface area contributed by atoms with Gasteiger partial charge in [-0.3, -0.25) is 28.8 Å². The Hall–Kier alpha value is -6.14. The van der Waals surface area contributed by atoms with Gasteiger partial charge in [0, 0.05) is 50.4 Å². The Labute approximate surface area is 352 Å². The number of hydrogen-bond acceptors (Lipinski definition) is 16. The van der Waals surface area contributed by atoms with Crippen molar-refractivity contribution < 1.29 is 71.7 Å². The topological polar surface area (TPSA) is 234 Å². The zero-order chi connectivity index (χ0) is 44.6. The van der Waals surface area contributed by atoms with Gasteiger partial charge in [-0.15, -0.1) is 0 Å². The molecular formula is C43H54N2O16. The number of aliphatic hydroxyl groups is 1. The van der Waals surface area contributed by atoms with Crippen molar-refractivity contribution in [3.8, 4) is 23.0 Å². The van der Waals surface area contributed by atoms with E-state index in [1.54, 1.807) is 18.2 Å². The van der Waals surface area contributed by atoms with Crippen LogP contribution in [0, 0.1) is 0 Å². The molecule has 0 bridgehead atoms. The molecule has 0 saturated carbocycles. The lowest BCUT2D eigenvalue weighted by Gasteiger charge is -2.44. The summed E-state index contributed by atoms with van der Waals surface area (Å²) in [4.78, 5) is 77.3. The van der Waals surface area contributed by atoms with Crippen LogP contribution in [0.3, 0.4) is 0 Å². The molecule has 1 aliphatic rings. The molecule has 4 rings (SSSR count). The lowest BCUT2D eigenvalue weighted by molar-refractivity contribution is -0.288. The number of esters is 4. The second-order valence-corrected chi connectivity index (χ2v) is 14.1. The maximum Gasteiger partial charge on any atom is 0.303 e. The molecule has 332 valence electrons. The van der Waals surface area contributed by atoms with Gasteiger partial charge in [0.2, 0.25) is 24.1 Å². The predicted molar refractivity (Wildman–Crippen MR) is 219 cm³/mol. The minimum atomic E-state index is -1.58. The van der Waals surface area contributed by atoms with Crippen LogP contribution in [-0.4, -0.2) is 98.0 Å². The number of pyridine rings is 1. The number of aromatic nitrogens is 1. The van der Waals surface area contributed by atoms with E-state index in [2.05, 4.69) is 17.2 Å². The monoisotopic (exact) mass is 854 g/mol. The fraction of sp³-hybridized carbons (Fsp3) is 0.488. The number of methoxy groups -OCH3 is 2. The average molecular weight is 855 g/mol. The Bertz CT molecular complexity index is 2090. The number of unbranched alkanes of at least 4 members (excludes halogenated alkanes) is 5. The molecule has 3 aromatic rings. The predicted octanol–water partition coefficient (Wildman–Crippen LogP) is 4.89. The van der Waals surface area contributed by atoms with E-state index in [-0.39, 0.29) is 23.0 Å². The van der Waals surface area contributed by atoms with Gasteiger partial charge in [0.25, 0.3) is 5.56 Å². The highest BCUT2D eigenvalue weighted by molar-refractivity contribution is 6.03. The lowest BCUT2D eigenvalue weighted by Crippen LogP contribution is -2.63. The maximum atomic E-state index is 13.1. The largest absolute Gasteiger partial charge is 0.493 e. The summed E-state index contributed by atoms with van der Waals surface area (Å²) >= 11 is 0. The fourth-order valence-electron chi connectivity index (χ4n) is 6.66.